The average molecular weight is 334 g/mol. The minimum atomic E-state index is -3.44. The van der Waals surface area contributed by atoms with Crippen LogP contribution in [0.2, 0.25) is 0 Å². The summed E-state index contributed by atoms with van der Waals surface area (Å²) in [5.74, 6) is 0. The summed E-state index contributed by atoms with van der Waals surface area (Å²) < 4.78 is 33.3. The summed E-state index contributed by atoms with van der Waals surface area (Å²) in [5, 5.41) is 0. The van der Waals surface area contributed by atoms with Crippen molar-refractivity contribution in [3.05, 3.63) is 28.7 Å². The van der Waals surface area contributed by atoms with Crippen molar-refractivity contribution >= 4 is 26.0 Å². The third-order valence-electron chi connectivity index (χ3n) is 2.91. The van der Waals surface area contributed by atoms with E-state index in [1.165, 1.54) is 0 Å². The van der Waals surface area contributed by atoms with Gasteiger partial charge in [-0.25, -0.2) is 13.1 Å². The van der Waals surface area contributed by atoms with Gasteiger partial charge in [-0.15, -0.1) is 0 Å². The monoisotopic (exact) mass is 333 g/mol. The largest absolute Gasteiger partial charge is 0.378 e. The highest BCUT2D eigenvalue weighted by atomic mass is 79.9. The van der Waals surface area contributed by atoms with Crippen LogP contribution >= 0.6 is 15.9 Å². The Balaban J connectivity index is 2.12. The van der Waals surface area contributed by atoms with Gasteiger partial charge in [0.05, 0.1) is 11.0 Å². The molecule has 0 amide bonds. The van der Waals surface area contributed by atoms with Crippen molar-refractivity contribution in [3.63, 3.8) is 0 Å². The van der Waals surface area contributed by atoms with Crippen molar-refractivity contribution in [2.75, 3.05) is 6.61 Å². The minimum Gasteiger partial charge on any atom is -0.378 e. The number of ether oxygens (including phenoxy) is 1. The zero-order chi connectivity index (χ0) is 13.2. The van der Waals surface area contributed by atoms with Gasteiger partial charge in [0.15, 0.2) is 0 Å². The highest BCUT2D eigenvalue weighted by molar-refractivity contribution is 9.10. The highest BCUT2D eigenvalue weighted by Crippen LogP contribution is 2.19. The fraction of sp³-hybridized carbons (Fsp3) is 0.500. The summed E-state index contributed by atoms with van der Waals surface area (Å²) in [7, 11) is -3.44. The fourth-order valence-electron chi connectivity index (χ4n) is 2.03. The smallest absolute Gasteiger partial charge is 0.240 e. The van der Waals surface area contributed by atoms with E-state index < -0.39 is 10.0 Å². The molecule has 1 saturated heterocycles. The molecule has 4 nitrogen and oxygen atoms in total. The molecule has 0 spiro atoms. The van der Waals surface area contributed by atoms with Gasteiger partial charge in [0, 0.05) is 17.1 Å². The molecule has 2 atom stereocenters. The van der Waals surface area contributed by atoms with Gasteiger partial charge in [-0.05, 0) is 38.0 Å². The molecule has 0 aromatic heterocycles. The lowest BCUT2D eigenvalue weighted by atomic mass is 10.1. The molecule has 1 aromatic rings. The Morgan fingerprint density at radius 1 is 1.44 bits per heavy atom. The number of benzene rings is 1. The Morgan fingerprint density at radius 3 is 2.89 bits per heavy atom. The first kappa shape index (κ1) is 14.0. The second-order valence-corrected chi connectivity index (χ2v) is 7.11. The van der Waals surface area contributed by atoms with Gasteiger partial charge in [-0.3, -0.25) is 0 Å². The van der Waals surface area contributed by atoms with Crippen LogP contribution in [0, 0.1) is 0 Å². The quantitative estimate of drug-likeness (QED) is 0.923. The van der Waals surface area contributed by atoms with Crippen molar-refractivity contribution in [3.8, 4) is 0 Å². The van der Waals surface area contributed by atoms with Crippen molar-refractivity contribution in [1.29, 1.82) is 0 Å². The van der Waals surface area contributed by atoms with Gasteiger partial charge in [0.1, 0.15) is 0 Å². The molecular formula is C12H16BrNO3S. The summed E-state index contributed by atoms with van der Waals surface area (Å²) in [6.07, 6.45) is 1.54. The molecule has 1 aliphatic heterocycles. The predicted molar refractivity (Wildman–Crippen MR) is 72.9 cm³/mol. The van der Waals surface area contributed by atoms with Crippen LogP contribution in [-0.2, 0) is 14.8 Å². The first-order valence-electron chi connectivity index (χ1n) is 5.87. The van der Waals surface area contributed by atoms with E-state index in [4.69, 9.17) is 4.74 Å². The molecule has 0 saturated carbocycles. The van der Waals surface area contributed by atoms with Gasteiger partial charge in [-0.2, -0.15) is 0 Å². The molecule has 1 heterocycles. The van der Waals surface area contributed by atoms with Gasteiger partial charge in [0.25, 0.3) is 0 Å². The maximum atomic E-state index is 12.2. The third-order valence-corrected chi connectivity index (χ3v) is 4.92. The SMILES string of the molecule is CC1CC(NS(=O)(=O)c2cccc(Br)c2)CCO1. The van der Waals surface area contributed by atoms with Crippen molar-refractivity contribution in [2.24, 2.45) is 0 Å². The zero-order valence-corrected chi connectivity index (χ0v) is 12.5. The van der Waals surface area contributed by atoms with Crippen molar-refractivity contribution < 1.29 is 13.2 Å². The average Bonchev–Trinajstić information content (AvgIpc) is 2.28. The Hall–Kier alpha value is -0.430. The molecule has 2 rings (SSSR count). The molecule has 6 heteroatoms. The molecule has 1 N–H and O–H groups in total. The molecule has 0 aliphatic carbocycles. The van der Waals surface area contributed by atoms with Gasteiger partial charge in [-0.1, -0.05) is 22.0 Å². The number of halogens is 1. The Labute approximate surface area is 116 Å². The number of rotatable bonds is 3. The van der Waals surface area contributed by atoms with E-state index in [1.807, 2.05) is 6.92 Å². The lowest BCUT2D eigenvalue weighted by Gasteiger charge is -2.27. The van der Waals surface area contributed by atoms with Crippen LogP contribution in [0.5, 0.6) is 0 Å². The highest BCUT2D eigenvalue weighted by Gasteiger charge is 2.25. The number of hydrogen-bond donors (Lipinski definition) is 1. The van der Waals surface area contributed by atoms with Crippen LogP contribution in [0.3, 0.4) is 0 Å². The Morgan fingerprint density at radius 2 is 2.22 bits per heavy atom. The topological polar surface area (TPSA) is 55.4 Å². The van der Waals surface area contributed by atoms with Crippen molar-refractivity contribution in [1.82, 2.24) is 4.72 Å². The molecule has 1 aromatic carbocycles. The van der Waals surface area contributed by atoms with E-state index in [1.54, 1.807) is 24.3 Å². The normalized spacial score (nSPS) is 25.0. The number of hydrogen-bond acceptors (Lipinski definition) is 3. The molecule has 100 valence electrons. The van der Waals surface area contributed by atoms with Crippen LogP contribution in [0.15, 0.2) is 33.6 Å². The molecular weight excluding hydrogens is 318 g/mol. The van der Waals surface area contributed by atoms with Gasteiger partial charge in [0.2, 0.25) is 10.0 Å². The zero-order valence-electron chi connectivity index (χ0n) is 10.1. The van der Waals surface area contributed by atoms with Crippen LogP contribution in [-0.4, -0.2) is 27.2 Å². The van der Waals surface area contributed by atoms with Gasteiger partial charge >= 0.3 is 0 Å². The second-order valence-electron chi connectivity index (χ2n) is 4.48. The van der Waals surface area contributed by atoms with E-state index in [-0.39, 0.29) is 17.0 Å². The lowest BCUT2D eigenvalue weighted by molar-refractivity contribution is 0.0173. The molecule has 0 radical (unpaired) electrons. The summed E-state index contributed by atoms with van der Waals surface area (Å²) in [4.78, 5) is 0.288. The van der Waals surface area contributed by atoms with E-state index in [0.717, 1.165) is 10.9 Å². The number of sulfonamides is 1. The lowest BCUT2D eigenvalue weighted by Crippen LogP contribution is -2.41. The first-order chi connectivity index (χ1) is 8.47. The summed E-state index contributed by atoms with van der Waals surface area (Å²) in [6, 6.07) is 6.67. The van der Waals surface area contributed by atoms with E-state index in [9.17, 15) is 8.42 Å². The molecule has 0 bridgehead atoms. The molecule has 2 unspecified atom stereocenters. The molecule has 1 fully saturated rings. The van der Waals surface area contributed by atoms with Crippen LogP contribution in [0.25, 0.3) is 0 Å². The van der Waals surface area contributed by atoms with Crippen LogP contribution < -0.4 is 4.72 Å². The molecule has 1 aliphatic rings. The minimum absolute atomic E-state index is 0.0438. The molecule has 18 heavy (non-hydrogen) atoms. The summed E-state index contributed by atoms with van der Waals surface area (Å²) in [5.41, 5.74) is 0. The van der Waals surface area contributed by atoms with Gasteiger partial charge < -0.3 is 4.74 Å². The third kappa shape index (κ3) is 3.54. The second kappa shape index (κ2) is 5.69. The summed E-state index contributed by atoms with van der Waals surface area (Å²) >= 11 is 3.28. The van der Waals surface area contributed by atoms with E-state index in [2.05, 4.69) is 20.7 Å². The van der Waals surface area contributed by atoms with E-state index in [0.29, 0.717) is 13.0 Å². The maximum Gasteiger partial charge on any atom is 0.240 e. The number of nitrogens with one attached hydrogen (secondary N) is 1. The maximum absolute atomic E-state index is 12.2. The standard InChI is InChI=1S/C12H16BrNO3S/c1-9-7-11(5-6-17-9)14-18(15,16)12-4-2-3-10(13)8-12/h2-4,8-9,11,14H,5-7H2,1H3. The van der Waals surface area contributed by atoms with E-state index >= 15 is 0 Å². The predicted octanol–water partition coefficient (Wildman–Crippen LogP) is 2.29. The fourth-order valence-corrected chi connectivity index (χ4v) is 3.91. The first-order valence-corrected chi connectivity index (χ1v) is 8.14. The Kier molecular flexibility index (Phi) is 4.42. The Bertz CT molecular complexity index is 518. The van der Waals surface area contributed by atoms with Crippen LogP contribution in [0.1, 0.15) is 19.8 Å². The summed E-state index contributed by atoms with van der Waals surface area (Å²) in [6.45, 7) is 2.56. The van der Waals surface area contributed by atoms with Crippen molar-refractivity contribution in [2.45, 2.75) is 36.8 Å². The van der Waals surface area contributed by atoms with Crippen LogP contribution in [0.4, 0.5) is 0 Å².